The van der Waals surface area contributed by atoms with Crippen molar-refractivity contribution in [3.05, 3.63) is 62.6 Å². The summed E-state index contributed by atoms with van der Waals surface area (Å²) in [5.74, 6) is -1.81. The number of rotatable bonds is 3. The van der Waals surface area contributed by atoms with Crippen LogP contribution in [0, 0.1) is 6.92 Å². The van der Waals surface area contributed by atoms with E-state index in [2.05, 4.69) is 15.8 Å². The molecular weight excluding hydrogens is 373 g/mol. The molecule has 2 amide bonds. The van der Waals surface area contributed by atoms with Crippen LogP contribution in [0.5, 0.6) is 0 Å². The molecule has 0 aliphatic heterocycles. The van der Waals surface area contributed by atoms with Gasteiger partial charge >= 0.3 is 11.8 Å². The van der Waals surface area contributed by atoms with Crippen LogP contribution < -0.4 is 10.7 Å². The highest BCUT2D eigenvalue weighted by molar-refractivity contribution is 6.40. The molecule has 0 atom stereocenters. The Morgan fingerprint density at radius 1 is 0.958 bits per heavy atom. The zero-order chi connectivity index (χ0) is 17.7. The van der Waals surface area contributed by atoms with Crippen LogP contribution in [0.2, 0.25) is 15.1 Å². The summed E-state index contributed by atoms with van der Waals surface area (Å²) < 4.78 is 0. The number of hydrazone groups is 1. The Morgan fingerprint density at radius 2 is 1.54 bits per heavy atom. The lowest BCUT2D eigenvalue weighted by atomic mass is 10.2. The van der Waals surface area contributed by atoms with E-state index in [-0.39, 0.29) is 0 Å². The Labute approximate surface area is 153 Å². The number of nitrogens with one attached hydrogen (secondary N) is 2. The molecule has 0 aliphatic rings. The molecule has 124 valence electrons. The van der Waals surface area contributed by atoms with Crippen molar-refractivity contribution < 1.29 is 9.59 Å². The maximum atomic E-state index is 11.9. The zero-order valence-electron chi connectivity index (χ0n) is 12.4. The first kappa shape index (κ1) is 18.3. The number of halogens is 3. The van der Waals surface area contributed by atoms with Crippen molar-refractivity contribution in [2.75, 3.05) is 5.32 Å². The number of carbonyl (C=O) groups is 2. The molecule has 0 aliphatic carbocycles. The summed E-state index contributed by atoms with van der Waals surface area (Å²) in [5.41, 5.74) is 3.65. The van der Waals surface area contributed by atoms with Crippen molar-refractivity contribution >= 4 is 58.5 Å². The fourth-order valence-electron chi connectivity index (χ4n) is 1.76. The largest absolute Gasteiger partial charge is 0.329 e. The van der Waals surface area contributed by atoms with E-state index in [9.17, 15) is 9.59 Å². The van der Waals surface area contributed by atoms with E-state index in [4.69, 9.17) is 34.8 Å². The topological polar surface area (TPSA) is 70.6 Å². The Hall–Kier alpha value is -2.08. The van der Waals surface area contributed by atoms with E-state index in [1.165, 1.54) is 6.21 Å². The first-order valence-corrected chi connectivity index (χ1v) is 7.87. The van der Waals surface area contributed by atoms with Gasteiger partial charge in [-0.25, -0.2) is 5.43 Å². The highest BCUT2D eigenvalue weighted by Crippen LogP contribution is 2.23. The lowest BCUT2D eigenvalue weighted by Crippen LogP contribution is -2.32. The second-order valence-electron chi connectivity index (χ2n) is 4.70. The van der Waals surface area contributed by atoms with E-state index in [0.717, 1.165) is 0 Å². The van der Waals surface area contributed by atoms with Crippen molar-refractivity contribution in [1.82, 2.24) is 5.43 Å². The number of nitrogens with zero attached hydrogens (tertiary/aromatic N) is 1. The van der Waals surface area contributed by atoms with E-state index >= 15 is 0 Å². The lowest BCUT2D eigenvalue weighted by molar-refractivity contribution is -0.136. The summed E-state index contributed by atoms with van der Waals surface area (Å²) in [6, 6.07) is 9.93. The molecule has 0 heterocycles. The minimum absolute atomic E-state index is 0.375. The SMILES string of the molecule is Cc1c(Cl)cccc1NC(=O)C(=O)N/N=C/c1c(Cl)cccc1Cl. The van der Waals surface area contributed by atoms with Crippen LogP contribution in [0.25, 0.3) is 0 Å². The molecule has 0 fully saturated rings. The summed E-state index contributed by atoms with van der Waals surface area (Å²) in [4.78, 5) is 23.6. The smallest absolute Gasteiger partial charge is 0.317 e. The fourth-order valence-corrected chi connectivity index (χ4v) is 2.43. The highest BCUT2D eigenvalue weighted by Gasteiger charge is 2.14. The number of anilines is 1. The molecule has 24 heavy (non-hydrogen) atoms. The zero-order valence-corrected chi connectivity index (χ0v) is 14.7. The molecular formula is C16H12Cl3N3O2. The maximum Gasteiger partial charge on any atom is 0.329 e. The third-order valence-electron chi connectivity index (χ3n) is 3.08. The van der Waals surface area contributed by atoms with Crippen LogP contribution in [0.4, 0.5) is 5.69 Å². The second kappa shape index (κ2) is 8.15. The van der Waals surface area contributed by atoms with Crippen LogP contribution in [0.1, 0.15) is 11.1 Å². The van der Waals surface area contributed by atoms with E-state index < -0.39 is 11.8 Å². The third-order valence-corrected chi connectivity index (χ3v) is 4.15. The first-order chi connectivity index (χ1) is 11.4. The van der Waals surface area contributed by atoms with Crippen molar-refractivity contribution in [2.24, 2.45) is 5.10 Å². The van der Waals surface area contributed by atoms with Gasteiger partial charge in [-0.15, -0.1) is 0 Å². The first-order valence-electron chi connectivity index (χ1n) is 6.73. The number of benzene rings is 2. The number of amides is 2. The number of carbonyl (C=O) groups excluding carboxylic acids is 2. The van der Waals surface area contributed by atoms with Gasteiger partial charge in [0.05, 0.1) is 16.3 Å². The molecule has 0 saturated heterocycles. The molecule has 2 aromatic rings. The molecule has 2 rings (SSSR count). The van der Waals surface area contributed by atoms with Crippen LogP contribution in [0.3, 0.4) is 0 Å². The van der Waals surface area contributed by atoms with Gasteiger partial charge in [0.2, 0.25) is 0 Å². The van der Waals surface area contributed by atoms with Crippen molar-refractivity contribution in [3.63, 3.8) is 0 Å². The Kier molecular flexibility index (Phi) is 6.20. The van der Waals surface area contributed by atoms with Crippen molar-refractivity contribution in [2.45, 2.75) is 6.92 Å². The van der Waals surface area contributed by atoms with Gasteiger partial charge in [-0.1, -0.05) is 46.9 Å². The van der Waals surface area contributed by atoms with Crippen LogP contribution >= 0.6 is 34.8 Å². The monoisotopic (exact) mass is 383 g/mol. The van der Waals surface area contributed by atoms with Gasteiger partial charge in [0.15, 0.2) is 0 Å². The molecule has 0 saturated carbocycles. The standard InChI is InChI=1S/C16H12Cl3N3O2/c1-9-11(17)4-3-7-14(9)21-15(23)16(24)22-20-8-10-12(18)5-2-6-13(10)19/h2-8H,1H3,(H,21,23)(H,22,24)/b20-8+. The van der Waals surface area contributed by atoms with Gasteiger partial charge in [-0.3, -0.25) is 9.59 Å². The molecule has 0 radical (unpaired) electrons. The average Bonchev–Trinajstić information content (AvgIpc) is 2.54. The quantitative estimate of drug-likeness (QED) is 0.476. The summed E-state index contributed by atoms with van der Waals surface area (Å²) in [6.45, 7) is 1.73. The minimum Gasteiger partial charge on any atom is -0.317 e. The van der Waals surface area contributed by atoms with Gasteiger partial charge in [0.1, 0.15) is 0 Å². The Morgan fingerprint density at radius 3 is 2.21 bits per heavy atom. The molecule has 5 nitrogen and oxygen atoms in total. The van der Waals surface area contributed by atoms with E-state index in [1.54, 1.807) is 43.3 Å². The highest BCUT2D eigenvalue weighted by atomic mass is 35.5. The van der Waals surface area contributed by atoms with Gasteiger partial charge in [-0.2, -0.15) is 5.10 Å². The number of hydrogen-bond donors (Lipinski definition) is 2. The predicted molar refractivity (Wildman–Crippen MR) is 97.0 cm³/mol. The maximum absolute atomic E-state index is 11.9. The third kappa shape index (κ3) is 4.47. The molecule has 0 unspecified atom stereocenters. The number of hydrogen-bond acceptors (Lipinski definition) is 3. The fraction of sp³-hybridized carbons (Fsp3) is 0.0625. The molecule has 0 bridgehead atoms. The Balaban J connectivity index is 2.01. The molecule has 0 spiro atoms. The molecule has 2 N–H and O–H groups in total. The summed E-state index contributed by atoms with van der Waals surface area (Å²) in [6.07, 6.45) is 1.26. The lowest BCUT2D eigenvalue weighted by Gasteiger charge is -2.08. The summed E-state index contributed by atoms with van der Waals surface area (Å²) in [7, 11) is 0. The molecule has 8 heteroatoms. The summed E-state index contributed by atoms with van der Waals surface area (Å²) >= 11 is 17.9. The minimum atomic E-state index is -0.936. The van der Waals surface area contributed by atoms with Gasteiger partial charge < -0.3 is 5.32 Å². The van der Waals surface area contributed by atoms with Crippen LogP contribution in [-0.2, 0) is 9.59 Å². The van der Waals surface area contributed by atoms with Gasteiger partial charge in [-0.05, 0) is 36.8 Å². The summed E-state index contributed by atoms with van der Waals surface area (Å²) in [5, 5.41) is 7.38. The second-order valence-corrected chi connectivity index (χ2v) is 5.92. The van der Waals surface area contributed by atoms with E-state index in [0.29, 0.717) is 31.9 Å². The van der Waals surface area contributed by atoms with Gasteiger partial charge in [0.25, 0.3) is 0 Å². The Bertz CT molecular complexity index is 802. The molecule has 0 aromatic heterocycles. The van der Waals surface area contributed by atoms with Crippen molar-refractivity contribution in [3.8, 4) is 0 Å². The average molecular weight is 385 g/mol. The normalized spacial score (nSPS) is 10.7. The van der Waals surface area contributed by atoms with Gasteiger partial charge in [0, 0.05) is 16.3 Å². The van der Waals surface area contributed by atoms with E-state index in [1.807, 2.05) is 0 Å². The van der Waals surface area contributed by atoms with Crippen LogP contribution in [0.15, 0.2) is 41.5 Å². The van der Waals surface area contributed by atoms with Crippen LogP contribution in [-0.4, -0.2) is 18.0 Å². The molecule has 2 aromatic carbocycles. The predicted octanol–water partition coefficient (Wildman–Crippen LogP) is 4.04. The van der Waals surface area contributed by atoms with Crippen molar-refractivity contribution in [1.29, 1.82) is 0 Å².